The van der Waals surface area contributed by atoms with Gasteiger partial charge < -0.3 is 0 Å². The second kappa shape index (κ2) is 6.20. The molecule has 2 aliphatic rings. The third-order valence-corrected chi connectivity index (χ3v) is 6.04. The first kappa shape index (κ1) is 16.2. The highest BCUT2D eigenvalue weighted by molar-refractivity contribution is 7.18. The Bertz CT molecular complexity index is 823. The first-order valence-electron chi connectivity index (χ1n) is 8.26. The van der Waals surface area contributed by atoms with Crippen molar-refractivity contribution in [1.82, 2.24) is 19.7 Å². The second-order valence-corrected chi connectivity index (χ2v) is 7.50. The van der Waals surface area contributed by atoms with Gasteiger partial charge >= 0.3 is 17.8 Å². The number of rotatable bonds is 3. The Hall–Kier alpha value is -2.32. The average Bonchev–Trinajstić information content (AvgIpc) is 3.14. The van der Waals surface area contributed by atoms with Gasteiger partial charge in [0.2, 0.25) is 0 Å². The number of carbonyl (C=O) groups is 3. The van der Waals surface area contributed by atoms with E-state index in [0.29, 0.717) is 5.92 Å². The van der Waals surface area contributed by atoms with Gasteiger partial charge in [-0.1, -0.05) is 12.1 Å². The molecule has 2 aromatic rings. The third kappa shape index (κ3) is 2.81. The van der Waals surface area contributed by atoms with Crippen LogP contribution in [0.4, 0.5) is 4.79 Å². The van der Waals surface area contributed by atoms with Crippen LogP contribution in [0.5, 0.6) is 0 Å². The molecule has 0 unspecified atom stereocenters. The number of para-hydroxylation sites is 1. The molecule has 25 heavy (non-hydrogen) atoms. The molecule has 0 bridgehead atoms. The van der Waals surface area contributed by atoms with Crippen molar-refractivity contribution in [1.29, 1.82) is 0 Å². The molecule has 1 aromatic carbocycles. The minimum Gasteiger partial charge on any atom is -0.285 e. The Labute approximate surface area is 148 Å². The van der Waals surface area contributed by atoms with Crippen LogP contribution >= 0.6 is 11.3 Å². The average molecular weight is 358 g/mol. The largest absolute Gasteiger partial charge is 0.335 e. The summed E-state index contributed by atoms with van der Waals surface area (Å²) in [6, 6.07) is 7.60. The third-order valence-electron chi connectivity index (χ3n) is 4.84. The van der Waals surface area contributed by atoms with E-state index in [9.17, 15) is 14.4 Å². The zero-order valence-corrected chi connectivity index (χ0v) is 14.7. The molecular weight excluding hydrogens is 340 g/mol. The summed E-state index contributed by atoms with van der Waals surface area (Å²) in [7, 11) is 1.34. The number of thiazole rings is 1. The lowest BCUT2D eigenvalue weighted by Crippen LogP contribution is -2.44. The molecule has 0 N–H and O–H groups in total. The van der Waals surface area contributed by atoms with Crippen LogP contribution in [0.1, 0.15) is 23.8 Å². The fraction of sp³-hybridized carbons (Fsp3) is 0.412. The summed E-state index contributed by atoms with van der Waals surface area (Å²) in [4.78, 5) is 44.1. The van der Waals surface area contributed by atoms with Crippen LogP contribution in [-0.2, 0) is 9.59 Å². The Morgan fingerprint density at radius 2 is 1.84 bits per heavy atom. The quantitative estimate of drug-likeness (QED) is 0.618. The van der Waals surface area contributed by atoms with Crippen molar-refractivity contribution in [3.63, 3.8) is 0 Å². The smallest absolute Gasteiger partial charge is 0.285 e. The Balaban J connectivity index is 1.39. The van der Waals surface area contributed by atoms with Crippen LogP contribution in [-0.4, -0.2) is 64.3 Å². The molecule has 2 aliphatic heterocycles. The van der Waals surface area contributed by atoms with Gasteiger partial charge in [0.25, 0.3) is 0 Å². The Morgan fingerprint density at radius 1 is 1.12 bits per heavy atom. The molecule has 0 radical (unpaired) electrons. The Kier molecular flexibility index (Phi) is 4.01. The minimum absolute atomic E-state index is 0.181. The number of carbonyl (C=O) groups excluding carboxylic acids is 3. The molecule has 2 saturated heterocycles. The number of hydrogen-bond acceptors (Lipinski definition) is 6. The normalized spacial score (nSPS) is 20.3. The predicted octanol–water partition coefficient (Wildman–Crippen LogP) is 1.85. The minimum atomic E-state index is -0.755. The number of benzene rings is 1. The van der Waals surface area contributed by atoms with Gasteiger partial charge in [0.05, 0.1) is 21.9 Å². The number of amides is 4. The number of piperidine rings is 1. The van der Waals surface area contributed by atoms with Crippen LogP contribution in [0.15, 0.2) is 24.3 Å². The van der Waals surface area contributed by atoms with Crippen LogP contribution in [0.3, 0.4) is 0 Å². The van der Waals surface area contributed by atoms with E-state index in [1.54, 1.807) is 11.3 Å². The summed E-state index contributed by atoms with van der Waals surface area (Å²) < 4.78 is 1.20. The molecule has 1 aromatic heterocycles. The van der Waals surface area contributed by atoms with E-state index in [2.05, 4.69) is 6.07 Å². The number of likely N-dealkylation sites (N-methyl/N-ethyl adjacent to an activating group) is 1. The summed E-state index contributed by atoms with van der Waals surface area (Å²) in [6.07, 6.45) is 1.86. The van der Waals surface area contributed by atoms with Crippen LogP contribution in [0.2, 0.25) is 0 Å². The van der Waals surface area contributed by atoms with Crippen molar-refractivity contribution in [2.45, 2.75) is 18.8 Å². The van der Waals surface area contributed by atoms with E-state index < -0.39 is 17.8 Å². The van der Waals surface area contributed by atoms with Gasteiger partial charge in [0.15, 0.2) is 0 Å². The number of urea groups is 1. The number of nitrogens with zero attached hydrogens (tertiary/aromatic N) is 4. The van der Waals surface area contributed by atoms with Crippen molar-refractivity contribution in [3.05, 3.63) is 29.3 Å². The summed E-state index contributed by atoms with van der Waals surface area (Å²) >= 11 is 1.74. The molecule has 0 spiro atoms. The maximum Gasteiger partial charge on any atom is 0.335 e. The number of imide groups is 2. The van der Waals surface area contributed by atoms with Gasteiger partial charge in [0.1, 0.15) is 0 Å². The van der Waals surface area contributed by atoms with Crippen LogP contribution in [0, 0.1) is 0 Å². The van der Waals surface area contributed by atoms with Gasteiger partial charge in [-0.25, -0.2) is 14.7 Å². The molecule has 130 valence electrons. The fourth-order valence-corrected chi connectivity index (χ4v) is 4.46. The molecule has 7 nitrogen and oxygen atoms in total. The molecule has 4 amide bonds. The van der Waals surface area contributed by atoms with Crippen LogP contribution in [0.25, 0.3) is 10.2 Å². The van der Waals surface area contributed by atoms with E-state index in [1.807, 2.05) is 23.1 Å². The zero-order valence-electron chi connectivity index (χ0n) is 13.8. The lowest BCUT2D eigenvalue weighted by Gasteiger charge is -2.32. The zero-order chi connectivity index (χ0) is 17.6. The van der Waals surface area contributed by atoms with Crippen molar-refractivity contribution in [2.75, 3.05) is 26.8 Å². The molecule has 0 atom stereocenters. The van der Waals surface area contributed by atoms with E-state index in [0.717, 1.165) is 46.3 Å². The molecule has 2 fully saturated rings. The topological polar surface area (TPSA) is 73.8 Å². The van der Waals surface area contributed by atoms with Crippen molar-refractivity contribution in [3.8, 4) is 0 Å². The summed E-state index contributed by atoms with van der Waals surface area (Å²) in [5.74, 6) is -1.09. The van der Waals surface area contributed by atoms with Crippen molar-refractivity contribution < 1.29 is 14.4 Å². The fourth-order valence-electron chi connectivity index (χ4n) is 3.32. The Morgan fingerprint density at radius 3 is 2.48 bits per heavy atom. The van der Waals surface area contributed by atoms with Crippen molar-refractivity contribution >= 4 is 39.4 Å². The van der Waals surface area contributed by atoms with Gasteiger partial charge in [-0.3, -0.25) is 19.4 Å². The summed E-state index contributed by atoms with van der Waals surface area (Å²) in [5.41, 5.74) is 1.04. The maximum absolute atomic E-state index is 12.0. The summed E-state index contributed by atoms with van der Waals surface area (Å²) in [6.45, 7) is 1.73. The number of aromatic nitrogens is 1. The highest BCUT2D eigenvalue weighted by Crippen LogP contribution is 2.33. The van der Waals surface area contributed by atoms with E-state index >= 15 is 0 Å². The van der Waals surface area contributed by atoms with Crippen LogP contribution < -0.4 is 0 Å². The van der Waals surface area contributed by atoms with Crippen molar-refractivity contribution in [2.24, 2.45) is 0 Å². The van der Waals surface area contributed by atoms with E-state index in [4.69, 9.17) is 4.98 Å². The van der Waals surface area contributed by atoms with Gasteiger partial charge in [-0.2, -0.15) is 0 Å². The number of likely N-dealkylation sites (tertiary alicyclic amines) is 1. The molecule has 0 aliphatic carbocycles. The highest BCUT2D eigenvalue weighted by Gasteiger charge is 2.43. The molecular formula is C17H18N4O3S. The number of fused-ring (bicyclic) bond motifs is 1. The van der Waals surface area contributed by atoms with Gasteiger partial charge in [0, 0.05) is 26.1 Å². The van der Waals surface area contributed by atoms with Gasteiger partial charge in [-0.05, 0) is 25.0 Å². The SMILES string of the molecule is CN1C(=O)C(=O)N(CN2CCC(c3nc4ccccc4s3)CC2)C1=O. The second-order valence-electron chi connectivity index (χ2n) is 6.43. The first-order valence-corrected chi connectivity index (χ1v) is 9.07. The number of hydrogen-bond donors (Lipinski definition) is 0. The predicted molar refractivity (Wildman–Crippen MR) is 93.0 cm³/mol. The lowest BCUT2D eigenvalue weighted by molar-refractivity contribution is -0.143. The molecule has 4 rings (SSSR count). The van der Waals surface area contributed by atoms with E-state index in [1.165, 1.54) is 11.7 Å². The summed E-state index contributed by atoms with van der Waals surface area (Å²) in [5, 5.41) is 1.16. The molecule has 0 saturated carbocycles. The monoisotopic (exact) mass is 358 g/mol. The maximum atomic E-state index is 12.0. The highest BCUT2D eigenvalue weighted by atomic mass is 32.1. The lowest BCUT2D eigenvalue weighted by atomic mass is 9.98. The van der Waals surface area contributed by atoms with Gasteiger partial charge in [-0.15, -0.1) is 11.3 Å². The standard InChI is InChI=1S/C17H18N4O3S/c1-19-15(22)16(23)21(17(19)24)10-20-8-6-11(7-9-20)14-18-12-4-2-3-5-13(12)25-14/h2-5,11H,6-10H2,1H3. The van der Waals surface area contributed by atoms with E-state index in [-0.39, 0.29) is 6.67 Å². The molecule has 8 heteroatoms. The first-order chi connectivity index (χ1) is 12.0. The molecule has 3 heterocycles.